The van der Waals surface area contributed by atoms with E-state index in [9.17, 15) is 43.8 Å². The largest absolute Gasteiger partial charge is 0.481 e. The van der Waals surface area contributed by atoms with Crippen LogP contribution in [0, 0.1) is 5.92 Å². The van der Waals surface area contributed by atoms with E-state index in [4.69, 9.17) is 22.3 Å². The molecule has 1 aliphatic heterocycles. The summed E-state index contributed by atoms with van der Waals surface area (Å²) >= 11 is 0. The number of aliphatic imine (C=N–C) groups is 1. The summed E-state index contributed by atoms with van der Waals surface area (Å²) in [6, 6.07) is -6.56. The number of likely N-dealkylation sites (tertiary alicyclic amines) is 1. The van der Waals surface area contributed by atoms with Crippen LogP contribution in [-0.2, 0) is 33.6 Å². The first kappa shape index (κ1) is 39.5. The van der Waals surface area contributed by atoms with Crippen molar-refractivity contribution in [2.75, 3.05) is 19.6 Å². The number of carboxylic acid groups (broad SMARTS) is 2. The molecule has 46 heavy (non-hydrogen) atoms. The summed E-state index contributed by atoms with van der Waals surface area (Å²) in [5, 5.41) is 38.1. The van der Waals surface area contributed by atoms with Gasteiger partial charge in [-0.2, -0.15) is 0 Å². The molecule has 0 bridgehead atoms. The predicted octanol–water partition coefficient (Wildman–Crippen LogP) is -4.08. The lowest BCUT2D eigenvalue weighted by Crippen LogP contribution is -2.60. The van der Waals surface area contributed by atoms with Crippen LogP contribution in [-0.4, -0.2) is 124 Å². The number of carboxylic acids is 2. The fraction of sp³-hybridized carbons (Fsp3) is 0.704. The monoisotopic (exact) mass is 657 g/mol. The summed E-state index contributed by atoms with van der Waals surface area (Å²) in [4.78, 5) is 92.0. The molecular formula is C27H47N9O10. The molecule has 0 radical (unpaired) electrons. The van der Waals surface area contributed by atoms with Gasteiger partial charge in [0, 0.05) is 13.1 Å². The van der Waals surface area contributed by atoms with Crippen molar-refractivity contribution in [2.24, 2.45) is 28.1 Å². The molecule has 0 saturated carbocycles. The Morgan fingerprint density at radius 3 is 2.07 bits per heavy atom. The molecular weight excluding hydrogens is 610 g/mol. The first-order chi connectivity index (χ1) is 21.4. The number of carbonyl (C=O) groups excluding carboxylic acids is 5. The minimum absolute atomic E-state index is 0.0482. The van der Waals surface area contributed by atoms with Crippen molar-refractivity contribution in [3.05, 3.63) is 0 Å². The van der Waals surface area contributed by atoms with Crippen LogP contribution in [0.15, 0.2) is 4.99 Å². The van der Waals surface area contributed by atoms with Gasteiger partial charge < -0.3 is 58.7 Å². The van der Waals surface area contributed by atoms with Crippen molar-refractivity contribution in [2.45, 2.75) is 95.6 Å². The highest BCUT2D eigenvalue weighted by molar-refractivity contribution is 5.96. The number of guanidine groups is 1. The molecule has 0 aromatic heterocycles. The Bertz CT molecular complexity index is 1140. The fourth-order valence-corrected chi connectivity index (χ4v) is 4.66. The predicted molar refractivity (Wildman–Crippen MR) is 162 cm³/mol. The smallest absolute Gasteiger partial charge is 0.326 e. The normalized spacial score (nSPS) is 17.5. The van der Waals surface area contributed by atoms with Gasteiger partial charge in [0.25, 0.3) is 0 Å². The zero-order valence-corrected chi connectivity index (χ0v) is 26.2. The molecule has 0 unspecified atom stereocenters. The number of aliphatic hydroxyl groups excluding tert-OH is 1. The number of aliphatic hydroxyl groups is 1. The van der Waals surface area contributed by atoms with E-state index >= 15 is 0 Å². The van der Waals surface area contributed by atoms with Gasteiger partial charge in [0.1, 0.15) is 24.2 Å². The van der Waals surface area contributed by atoms with Gasteiger partial charge in [0.05, 0.1) is 25.1 Å². The quantitative estimate of drug-likeness (QED) is 0.0359. The summed E-state index contributed by atoms with van der Waals surface area (Å²) < 4.78 is 0. The number of nitrogens with two attached hydrogens (primary N) is 3. The van der Waals surface area contributed by atoms with Crippen LogP contribution in [0.2, 0.25) is 0 Å². The maximum Gasteiger partial charge on any atom is 0.326 e. The molecule has 1 saturated heterocycles. The standard InChI is InChI=1S/C27H47N9O10/c1-13(2)10-17(34-22(41)15(28)11-20(39)40)24(43)33-16(6-4-8-31-27(29)30)23(42)35-21(14(3)37)25(44)32-12-19(38)36-9-5-7-18(36)26(45)46/h13-18,21,37H,4-12,28H2,1-3H3,(H,32,44)(H,33,43)(H,34,41)(H,35,42)(H,39,40)(H,45,46)(H4,29,30,31)/t14-,15+,16+,17+,18+,21+/m1/s1. The van der Waals surface area contributed by atoms with Gasteiger partial charge in [-0.3, -0.25) is 33.8 Å². The molecule has 1 fully saturated rings. The molecule has 260 valence electrons. The van der Waals surface area contributed by atoms with Gasteiger partial charge in [-0.25, -0.2) is 4.79 Å². The summed E-state index contributed by atoms with van der Waals surface area (Å²) in [6.45, 7) is 4.45. The highest BCUT2D eigenvalue weighted by Gasteiger charge is 2.35. The second-order valence-electron chi connectivity index (χ2n) is 11.4. The summed E-state index contributed by atoms with van der Waals surface area (Å²) in [5.41, 5.74) is 16.3. The Hall–Kier alpha value is -4.52. The Morgan fingerprint density at radius 1 is 0.913 bits per heavy atom. The van der Waals surface area contributed by atoms with E-state index in [2.05, 4.69) is 26.3 Å². The maximum absolute atomic E-state index is 13.4. The van der Waals surface area contributed by atoms with Crippen LogP contribution in [0.3, 0.4) is 0 Å². The third kappa shape index (κ3) is 13.6. The lowest BCUT2D eigenvalue weighted by molar-refractivity contribution is -0.148. The molecule has 6 atom stereocenters. The zero-order chi connectivity index (χ0) is 35.1. The van der Waals surface area contributed by atoms with Crippen LogP contribution < -0.4 is 38.5 Å². The second kappa shape index (κ2) is 19.1. The van der Waals surface area contributed by atoms with Crippen LogP contribution in [0.25, 0.3) is 0 Å². The fourth-order valence-electron chi connectivity index (χ4n) is 4.66. The lowest BCUT2D eigenvalue weighted by Gasteiger charge is -2.27. The first-order valence-corrected chi connectivity index (χ1v) is 14.9. The van der Waals surface area contributed by atoms with Gasteiger partial charge in [-0.15, -0.1) is 0 Å². The minimum Gasteiger partial charge on any atom is -0.481 e. The molecule has 1 heterocycles. The summed E-state index contributed by atoms with van der Waals surface area (Å²) in [7, 11) is 0. The van der Waals surface area contributed by atoms with Crippen molar-refractivity contribution < 1.29 is 48.9 Å². The molecule has 0 aromatic rings. The van der Waals surface area contributed by atoms with E-state index in [1.165, 1.54) is 6.92 Å². The van der Waals surface area contributed by atoms with Crippen molar-refractivity contribution >= 4 is 47.4 Å². The Labute approximate surface area is 266 Å². The van der Waals surface area contributed by atoms with Crippen molar-refractivity contribution in [1.29, 1.82) is 0 Å². The average molecular weight is 658 g/mol. The average Bonchev–Trinajstić information content (AvgIpc) is 3.45. The Morgan fingerprint density at radius 2 is 1.52 bits per heavy atom. The molecule has 1 aliphatic rings. The molecule has 5 amide bonds. The van der Waals surface area contributed by atoms with Gasteiger partial charge in [-0.1, -0.05) is 13.8 Å². The first-order valence-electron chi connectivity index (χ1n) is 14.9. The number of hydrogen-bond acceptors (Lipinski definition) is 10. The molecule has 0 aromatic carbocycles. The third-order valence-corrected chi connectivity index (χ3v) is 6.98. The third-order valence-electron chi connectivity index (χ3n) is 6.98. The van der Waals surface area contributed by atoms with Crippen LogP contribution in [0.5, 0.6) is 0 Å². The number of rotatable bonds is 19. The molecule has 0 spiro atoms. The number of aliphatic carboxylic acids is 2. The van der Waals surface area contributed by atoms with Crippen LogP contribution in [0.1, 0.15) is 59.3 Å². The summed E-state index contributed by atoms with van der Waals surface area (Å²) in [5.74, 6) is -6.98. The van der Waals surface area contributed by atoms with Crippen molar-refractivity contribution in [1.82, 2.24) is 26.2 Å². The van der Waals surface area contributed by atoms with E-state index in [1.54, 1.807) is 13.8 Å². The minimum atomic E-state index is -1.58. The highest BCUT2D eigenvalue weighted by atomic mass is 16.4. The molecule has 0 aliphatic carbocycles. The van der Waals surface area contributed by atoms with Crippen LogP contribution in [0.4, 0.5) is 0 Å². The van der Waals surface area contributed by atoms with Gasteiger partial charge in [-0.05, 0) is 44.9 Å². The number of carbonyl (C=O) groups is 7. The van der Waals surface area contributed by atoms with Gasteiger partial charge >= 0.3 is 11.9 Å². The van der Waals surface area contributed by atoms with E-state index in [-0.39, 0.29) is 50.7 Å². The number of amides is 5. The maximum atomic E-state index is 13.4. The van der Waals surface area contributed by atoms with Gasteiger partial charge in [0.15, 0.2) is 5.96 Å². The molecule has 13 N–H and O–H groups in total. The van der Waals surface area contributed by atoms with E-state index in [0.717, 1.165) is 4.90 Å². The highest BCUT2D eigenvalue weighted by Crippen LogP contribution is 2.17. The Balaban J connectivity index is 3.07. The lowest BCUT2D eigenvalue weighted by atomic mass is 10.0. The van der Waals surface area contributed by atoms with Crippen molar-refractivity contribution in [3.8, 4) is 0 Å². The van der Waals surface area contributed by atoms with E-state index in [1.807, 2.05) is 0 Å². The number of nitrogens with one attached hydrogen (secondary N) is 4. The second-order valence-corrected chi connectivity index (χ2v) is 11.4. The summed E-state index contributed by atoms with van der Waals surface area (Å²) in [6.07, 6.45) is -1.14. The molecule has 1 rings (SSSR count). The Kier molecular flexibility index (Phi) is 16.4. The molecule has 19 nitrogen and oxygen atoms in total. The molecule has 19 heteroatoms. The van der Waals surface area contributed by atoms with Crippen LogP contribution >= 0.6 is 0 Å². The van der Waals surface area contributed by atoms with E-state index < -0.39 is 90.8 Å². The van der Waals surface area contributed by atoms with Crippen molar-refractivity contribution in [3.63, 3.8) is 0 Å². The zero-order valence-electron chi connectivity index (χ0n) is 26.2. The number of hydrogen-bond donors (Lipinski definition) is 10. The van der Waals surface area contributed by atoms with Gasteiger partial charge in [0.2, 0.25) is 29.5 Å². The number of nitrogens with zero attached hydrogens (tertiary/aromatic N) is 2. The van der Waals surface area contributed by atoms with E-state index in [0.29, 0.717) is 6.42 Å². The SMILES string of the molecule is CC(C)C[C@H](NC(=O)[C@@H](N)CC(=O)O)C(=O)N[C@@H](CCCN=C(N)N)C(=O)N[C@H](C(=O)NCC(=O)N1CCC[C@H]1C(=O)O)[C@@H](C)O. The topological polar surface area (TPSA) is 322 Å².